The van der Waals surface area contributed by atoms with Crippen molar-refractivity contribution in [3.8, 4) is 11.1 Å². The number of hydrogen-bond acceptors (Lipinski definition) is 6. The number of aromatic nitrogens is 3. The Morgan fingerprint density at radius 1 is 1.06 bits per heavy atom. The SMILES string of the molecule is CCCS(=O)(=O)Nc1ccc(F)c(C(=O)c2c[nH]c3ncc(-c4ccc(C(=O)NC)nc4)cc23)c1F. The van der Waals surface area contributed by atoms with Gasteiger partial charge >= 0.3 is 0 Å². The van der Waals surface area contributed by atoms with Gasteiger partial charge in [0.05, 0.1) is 17.0 Å². The Bertz CT molecular complexity index is 1580. The second-order valence-corrected chi connectivity index (χ2v) is 9.71. The van der Waals surface area contributed by atoms with E-state index in [9.17, 15) is 22.4 Å². The molecular weight excluding hydrogens is 492 g/mol. The minimum atomic E-state index is -3.87. The smallest absolute Gasteiger partial charge is 0.269 e. The van der Waals surface area contributed by atoms with Crippen molar-refractivity contribution in [1.29, 1.82) is 0 Å². The number of carbonyl (C=O) groups is 2. The number of hydrogen-bond donors (Lipinski definition) is 3. The van der Waals surface area contributed by atoms with E-state index in [1.165, 1.54) is 31.7 Å². The van der Waals surface area contributed by atoms with Crippen molar-refractivity contribution < 1.29 is 26.8 Å². The molecule has 0 saturated heterocycles. The Hall–Kier alpha value is -4.19. The molecule has 0 spiro atoms. The number of carbonyl (C=O) groups excluding carboxylic acids is 2. The number of benzene rings is 1. The number of anilines is 1. The highest BCUT2D eigenvalue weighted by molar-refractivity contribution is 7.92. The van der Waals surface area contributed by atoms with Crippen molar-refractivity contribution in [2.24, 2.45) is 0 Å². The van der Waals surface area contributed by atoms with Crippen LogP contribution in [0.5, 0.6) is 0 Å². The van der Waals surface area contributed by atoms with Gasteiger partial charge in [0, 0.05) is 47.7 Å². The van der Waals surface area contributed by atoms with Crippen LogP contribution >= 0.6 is 0 Å². The van der Waals surface area contributed by atoms with Crippen LogP contribution in [0.3, 0.4) is 0 Å². The number of fused-ring (bicyclic) bond motifs is 1. The molecule has 0 atom stereocenters. The molecule has 9 nitrogen and oxygen atoms in total. The van der Waals surface area contributed by atoms with Crippen molar-refractivity contribution in [3.05, 3.63) is 77.4 Å². The Balaban J connectivity index is 1.74. The van der Waals surface area contributed by atoms with Crippen LogP contribution < -0.4 is 10.0 Å². The van der Waals surface area contributed by atoms with E-state index in [0.717, 1.165) is 12.1 Å². The maximum Gasteiger partial charge on any atom is 0.269 e. The van der Waals surface area contributed by atoms with Gasteiger partial charge < -0.3 is 10.3 Å². The fourth-order valence-electron chi connectivity index (χ4n) is 3.64. The Morgan fingerprint density at radius 2 is 1.81 bits per heavy atom. The van der Waals surface area contributed by atoms with Gasteiger partial charge in [-0.2, -0.15) is 0 Å². The molecule has 3 heterocycles. The molecule has 4 rings (SSSR count). The standard InChI is InChI=1S/C24H21F2N5O4S/c1-3-8-36(34,35)31-18-7-5-17(25)20(21(18)26)22(32)16-12-30-23-15(16)9-14(11-29-23)13-4-6-19(28-10-13)24(33)27-2/h4-7,9-12,31H,3,8H2,1-2H3,(H,27,33)(H,29,30). The summed E-state index contributed by atoms with van der Waals surface area (Å²) in [5.74, 6) is -4.05. The molecule has 0 aliphatic carbocycles. The summed E-state index contributed by atoms with van der Waals surface area (Å²) >= 11 is 0. The third-order valence-electron chi connectivity index (χ3n) is 5.39. The highest BCUT2D eigenvalue weighted by Gasteiger charge is 2.26. The lowest BCUT2D eigenvalue weighted by atomic mass is 10.00. The highest BCUT2D eigenvalue weighted by atomic mass is 32.2. The number of rotatable bonds is 8. The molecule has 0 unspecified atom stereocenters. The molecule has 1 aromatic carbocycles. The first-order chi connectivity index (χ1) is 17.1. The van der Waals surface area contributed by atoms with Crippen LogP contribution in [-0.2, 0) is 10.0 Å². The Kier molecular flexibility index (Phi) is 6.80. The monoisotopic (exact) mass is 513 g/mol. The van der Waals surface area contributed by atoms with Crippen molar-refractivity contribution in [2.75, 3.05) is 17.5 Å². The van der Waals surface area contributed by atoms with Gasteiger partial charge in [-0.1, -0.05) is 13.0 Å². The van der Waals surface area contributed by atoms with E-state index >= 15 is 4.39 Å². The molecule has 0 fully saturated rings. The summed E-state index contributed by atoms with van der Waals surface area (Å²) in [6.45, 7) is 1.64. The molecule has 3 N–H and O–H groups in total. The van der Waals surface area contributed by atoms with E-state index in [2.05, 4.69) is 25.0 Å². The van der Waals surface area contributed by atoms with E-state index in [0.29, 0.717) is 28.6 Å². The van der Waals surface area contributed by atoms with Gasteiger partial charge in [0.1, 0.15) is 17.2 Å². The molecular formula is C24H21F2N5O4S. The topological polar surface area (TPSA) is 134 Å². The summed E-state index contributed by atoms with van der Waals surface area (Å²) in [6, 6.07) is 6.54. The number of amides is 1. The summed E-state index contributed by atoms with van der Waals surface area (Å²) in [5.41, 5.74) is 0.200. The van der Waals surface area contributed by atoms with Crippen LogP contribution in [0.2, 0.25) is 0 Å². The summed E-state index contributed by atoms with van der Waals surface area (Å²) in [7, 11) is -2.38. The van der Waals surface area contributed by atoms with Crippen LogP contribution in [0.25, 0.3) is 22.2 Å². The molecule has 4 aromatic rings. The summed E-state index contributed by atoms with van der Waals surface area (Å²) in [5, 5.41) is 2.77. The molecule has 1 amide bonds. The summed E-state index contributed by atoms with van der Waals surface area (Å²) < 4.78 is 56.0. The van der Waals surface area contributed by atoms with Crippen LogP contribution in [0.1, 0.15) is 39.8 Å². The van der Waals surface area contributed by atoms with E-state index < -0.39 is 38.7 Å². The second-order valence-electron chi connectivity index (χ2n) is 7.87. The average Bonchev–Trinajstić information content (AvgIpc) is 3.28. The lowest BCUT2D eigenvalue weighted by Gasteiger charge is -2.11. The normalized spacial score (nSPS) is 11.4. The number of H-pyrrole nitrogens is 1. The molecule has 3 aromatic heterocycles. The van der Waals surface area contributed by atoms with E-state index in [1.54, 1.807) is 19.1 Å². The van der Waals surface area contributed by atoms with Crippen molar-refractivity contribution in [3.63, 3.8) is 0 Å². The number of nitrogens with one attached hydrogen (secondary N) is 3. The molecule has 186 valence electrons. The van der Waals surface area contributed by atoms with Gasteiger partial charge in [-0.15, -0.1) is 0 Å². The predicted octanol–water partition coefficient (Wildman–Crippen LogP) is 3.65. The van der Waals surface area contributed by atoms with Crippen LogP contribution in [0, 0.1) is 11.6 Å². The lowest BCUT2D eigenvalue weighted by Crippen LogP contribution is -2.18. The van der Waals surface area contributed by atoms with Gasteiger partial charge in [0.15, 0.2) is 5.82 Å². The second kappa shape index (κ2) is 9.82. The number of ketones is 1. The third-order valence-corrected chi connectivity index (χ3v) is 6.87. The van der Waals surface area contributed by atoms with E-state index in [1.807, 2.05) is 0 Å². The van der Waals surface area contributed by atoms with Gasteiger partial charge in [-0.3, -0.25) is 19.3 Å². The molecule has 12 heteroatoms. The summed E-state index contributed by atoms with van der Waals surface area (Å²) in [6.07, 6.45) is 4.56. The molecule has 0 saturated carbocycles. The molecule has 36 heavy (non-hydrogen) atoms. The Labute approximate surface area is 205 Å². The first-order valence-corrected chi connectivity index (χ1v) is 12.5. The van der Waals surface area contributed by atoms with Crippen LogP contribution in [0.4, 0.5) is 14.5 Å². The fraction of sp³-hybridized carbons (Fsp3) is 0.167. The molecule has 0 aliphatic heterocycles. The molecule has 0 radical (unpaired) electrons. The number of aromatic amines is 1. The Morgan fingerprint density at radius 3 is 2.47 bits per heavy atom. The zero-order chi connectivity index (χ0) is 26.0. The minimum absolute atomic E-state index is 0.0549. The predicted molar refractivity (Wildman–Crippen MR) is 130 cm³/mol. The maximum atomic E-state index is 15.2. The van der Waals surface area contributed by atoms with Crippen LogP contribution in [-0.4, -0.2) is 47.9 Å². The largest absolute Gasteiger partial charge is 0.354 e. The average molecular weight is 514 g/mol. The van der Waals surface area contributed by atoms with Gasteiger partial charge in [0.2, 0.25) is 15.8 Å². The number of halogens is 2. The van der Waals surface area contributed by atoms with Crippen LogP contribution in [0.15, 0.2) is 48.9 Å². The quantitative estimate of drug-likeness (QED) is 0.308. The summed E-state index contributed by atoms with van der Waals surface area (Å²) in [4.78, 5) is 36.1. The highest BCUT2D eigenvalue weighted by Crippen LogP contribution is 2.29. The third kappa shape index (κ3) is 4.80. The van der Waals surface area contributed by atoms with Crippen molar-refractivity contribution >= 4 is 38.4 Å². The first-order valence-electron chi connectivity index (χ1n) is 10.8. The van der Waals surface area contributed by atoms with Crippen molar-refractivity contribution in [2.45, 2.75) is 13.3 Å². The van der Waals surface area contributed by atoms with E-state index in [-0.39, 0.29) is 22.9 Å². The maximum absolute atomic E-state index is 15.2. The number of sulfonamides is 1. The number of pyridine rings is 2. The minimum Gasteiger partial charge on any atom is -0.354 e. The first kappa shape index (κ1) is 24.9. The fourth-order valence-corrected chi connectivity index (χ4v) is 4.77. The van der Waals surface area contributed by atoms with Gasteiger partial charge in [0.25, 0.3) is 5.91 Å². The lowest BCUT2D eigenvalue weighted by molar-refractivity contribution is 0.0957. The number of nitrogens with zero attached hydrogens (tertiary/aromatic N) is 2. The molecule has 0 bridgehead atoms. The zero-order valence-electron chi connectivity index (χ0n) is 19.2. The molecule has 0 aliphatic rings. The zero-order valence-corrected chi connectivity index (χ0v) is 20.0. The van der Waals surface area contributed by atoms with Crippen molar-refractivity contribution in [1.82, 2.24) is 20.3 Å². The van der Waals surface area contributed by atoms with E-state index in [4.69, 9.17) is 0 Å². The van der Waals surface area contributed by atoms with Gasteiger partial charge in [-0.05, 0) is 30.7 Å². The van der Waals surface area contributed by atoms with Gasteiger partial charge in [-0.25, -0.2) is 22.2 Å².